The summed E-state index contributed by atoms with van der Waals surface area (Å²) < 4.78 is 66.8. The summed E-state index contributed by atoms with van der Waals surface area (Å²) >= 11 is 6.12. The zero-order valence-corrected chi connectivity index (χ0v) is 22.1. The minimum absolute atomic E-state index is 0.0352. The van der Waals surface area contributed by atoms with E-state index < -0.39 is 36.1 Å². The van der Waals surface area contributed by atoms with Gasteiger partial charge in [0, 0.05) is 24.4 Å². The number of halogens is 4. The number of amides is 1. The van der Waals surface area contributed by atoms with E-state index in [1.165, 1.54) is 18.2 Å². The lowest BCUT2D eigenvalue weighted by Crippen LogP contribution is -2.60. The average molecular weight is 558 g/mol. The second-order valence-electron chi connectivity index (χ2n) is 9.86. The van der Waals surface area contributed by atoms with Crippen LogP contribution in [-0.2, 0) is 37.0 Å². The molecule has 0 bridgehead atoms. The highest BCUT2D eigenvalue weighted by Crippen LogP contribution is 2.44. The molecular weight excluding hydrogens is 527 g/mol. The predicted octanol–water partition coefficient (Wildman–Crippen LogP) is 5.53. The minimum atomic E-state index is -4.80. The summed E-state index contributed by atoms with van der Waals surface area (Å²) in [5, 5.41) is 3.41. The highest BCUT2D eigenvalue weighted by Gasteiger charge is 2.58. The average Bonchev–Trinajstić information content (AvgIpc) is 3.14. The van der Waals surface area contributed by atoms with E-state index in [9.17, 15) is 18.0 Å². The first-order valence-corrected chi connectivity index (χ1v) is 12.7. The molecule has 0 radical (unpaired) electrons. The standard InChI is InChI=1S/C27H31ClF3NO6/c1-4-32-24(33)26(35-16-17-7-5-9-19(28)11-17)13-21(23-22(14-26)37-25(2,3)38-23)34-15-18-8-6-10-20(12-18)36-27(29,30)31/h5-12,21-23H,4,13-16H2,1-3H3,(H,32,33)/t21?,22-,23+,26-/m1/s1. The van der Waals surface area contributed by atoms with Crippen molar-refractivity contribution >= 4 is 17.5 Å². The van der Waals surface area contributed by atoms with Gasteiger partial charge in [-0.2, -0.15) is 0 Å². The van der Waals surface area contributed by atoms with Crippen LogP contribution in [0.3, 0.4) is 0 Å². The summed E-state index contributed by atoms with van der Waals surface area (Å²) in [6.07, 6.45) is -6.07. The van der Waals surface area contributed by atoms with Gasteiger partial charge in [0.2, 0.25) is 0 Å². The van der Waals surface area contributed by atoms with Gasteiger partial charge in [0.05, 0.1) is 25.4 Å². The van der Waals surface area contributed by atoms with Crippen LogP contribution >= 0.6 is 11.6 Å². The number of hydrogen-bond donors (Lipinski definition) is 1. The fourth-order valence-corrected chi connectivity index (χ4v) is 5.13. The number of carbonyl (C=O) groups is 1. The van der Waals surface area contributed by atoms with Crippen molar-refractivity contribution in [3.05, 3.63) is 64.7 Å². The van der Waals surface area contributed by atoms with Gasteiger partial charge in [-0.3, -0.25) is 4.79 Å². The fraction of sp³-hybridized carbons (Fsp3) is 0.519. The predicted molar refractivity (Wildman–Crippen MR) is 132 cm³/mol. The highest BCUT2D eigenvalue weighted by atomic mass is 35.5. The molecule has 7 nitrogen and oxygen atoms in total. The van der Waals surface area contributed by atoms with Gasteiger partial charge in [0.15, 0.2) is 11.4 Å². The third-order valence-corrected chi connectivity index (χ3v) is 6.64. The number of nitrogens with one attached hydrogen (secondary N) is 1. The molecule has 1 amide bonds. The van der Waals surface area contributed by atoms with E-state index in [2.05, 4.69) is 10.1 Å². The molecule has 2 aliphatic rings. The molecule has 1 unspecified atom stereocenters. The van der Waals surface area contributed by atoms with E-state index in [0.29, 0.717) is 17.1 Å². The Labute approximate surface area is 224 Å². The van der Waals surface area contributed by atoms with E-state index in [-0.39, 0.29) is 37.7 Å². The van der Waals surface area contributed by atoms with Crippen LogP contribution in [-0.4, -0.2) is 48.5 Å². The molecular formula is C27H31ClF3NO6. The monoisotopic (exact) mass is 557 g/mol. The number of ether oxygens (including phenoxy) is 5. The first-order chi connectivity index (χ1) is 17.9. The Kier molecular flexibility index (Phi) is 8.59. The van der Waals surface area contributed by atoms with Gasteiger partial charge in [0.25, 0.3) is 5.91 Å². The molecule has 1 saturated heterocycles. The van der Waals surface area contributed by atoms with Crippen molar-refractivity contribution in [2.24, 2.45) is 0 Å². The Morgan fingerprint density at radius 1 is 1.08 bits per heavy atom. The fourth-order valence-electron chi connectivity index (χ4n) is 4.91. The SMILES string of the molecule is CCNC(=O)[C@@]1(OCc2cccc(Cl)c2)CC(OCc2cccc(OC(F)(F)F)c2)[C@@H]2OC(C)(C)O[C@@H]2C1. The van der Waals surface area contributed by atoms with Crippen LogP contribution in [0, 0.1) is 0 Å². The number of carbonyl (C=O) groups excluding carboxylic acids is 1. The molecule has 1 heterocycles. The summed E-state index contributed by atoms with van der Waals surface area (Å²) in [7, 11) is 0. The molecule has 1 N–H and O–H groups in total. The van der Waals surface area contributed by atoms with Gasteiger partial charge in [-0.1, -0.05) is 35.9 Å². The maximum absolute atomic E-state index is 13.4. The third-order valence-electron chi connectivity index (χ3n) is 6.40. The Balaban J connectivity index is 1.57. The Hall–Kier alpha value is -2.37. The maximum Gasteiger partial charge on any atom is 0.573 e. The zero-order chi connectivity index (χ0) is 27.6. The number of fused-ring (bicyclic) bond motifs is 1. The Bertz CT molecular complexity index is 1130. The summed E-state index contributed by atoms with van der Waals surface area (Å²) in [6, 6.07) is 12.7. The van der Waals surface area contributed by atoms with E-state index >= 15 is 0 Å². The topological polar surface area (TPSA) is 75.3 Å². The first-order valence-electron chi connectivity index (χ1n) is 12.4. The van der Waals surface area contributed by atoms with E-state index in [1.54, 1.807) is 38.1 Å². The molecule has 2 fully saturated rings. The second-order valence-corrected chi connectivity index (χ2v) is 10.3. The van der Waals surface area contributed by atoms with Crippen molar-refractivity contribution in [2.75, 3.05) is 6.54 Å². The largest absolute Gasteiger partial charge is 0.573 e. The van der Waals surface area contributed by atoms with Gasteiger partial charge in [0.1, 0.15) is 11.9 Å². The summed E-state index contributed by atoms with van der Waals surface area (Å²) in [5.74, 6) is -1.56. The molecule has 2 aromatic carbocycles. The van der Waals surface area contributed by atoms with Crippen molar-refractivity contribution in [1.82, 2.24) is 5.32 Å². The summed E-state index contributed by atoms with van der Waals surface area (Å²) in [5.41, 5.74) is -0.0310. The molecule has 0 spiro atoms. The van der Waals surface area contributed by atoms with Crippen molar-refractivity contribution in [3.8, 4) is 5.75 Å². The molecule has 1 aliphatic carbocycles. The van der Waals surface area contributed by atoms with Crippen LogP contribution < -0.4 is 10.1 Å². The lowest BCUT2D eigenvalue weighted by Gasteiger charge is -2.43. The lowest BCUT2D eigenvalue weighted by molar-refractivity contribution is -0.274. The molecule has 11 heteroatoms. The van der Waals surface area contributed by atoms with Gasteiger partial charge >= 0.3 is 6.36 Å². The smallest absolute Gasteiger partial charge is 0.406 e. The molecule has 4 atom stereocenters. The van der Waals surface area contributed by atoms with Gasteiger partial charge in [-0.25, -0.2) is 0 Å². The lowest BCUT2D eigenvalue weighted by atomic mass is 9.78. The van der Waals surface area contributed by atoms with E-state index in [1.807, 2.05) is 13.0 Å². The third kappa shape index (κ3) is 7.18. The van der Waals surface area contributed by atoms with Crippen LogP contribution in [0.5, 0.6) is 5.75 Å². The van der Waals surface area contributed by atoms with Crippen LogP contribution in [0.15, 0.2) is 48.5 Å². The molecule has 0 aromatic heterocycles. The molecule has 38 heavy (non-hydrogen) atoms. The van der Waals surface area contributed by atoms with Gasteiger partial charge in [-0.15, -0.1) is 13.2 Å². The summed E-state index contributed by atoms with van der Waals surface area (Å²) in [4.78, 5) is 13.4. The molecule has 1 aliphatic heterocycles. The zero-order valence-electron chi connectivity index (χ0n) is 21.3. The normalized spacial score (nSPS) is 26.6. The Morgan fingerprint density at radius 2 is 1.79 bits per heavy atom. The van der Waals surface area contributed by atoms with Gasteiger partial charge in [-0.05, 0) is 56.2 Å². The van der Waals surface area contributed by atoms with Crippen LogP contribution in [0.4, 0.5) is 13.2 Å². The van der Waals surface area contributed by atoms with Crippen molar-refractivity contribution < 1.29 is 41.7 Å². The molecule has 4 rings (SSSR count). The minimum Gasteiger partial charge on any atom is -0.406 e. The van der Waals surface area contributed by atoms with Gasteiger partial charge < -0.3 is 29.0 Å². The molecule has 208 valence electrons. The van der Waals surface area contributed by atoms with Crippen LogP contribution in [0.1, 0.15) is 44.7 Å². The molecule has 1 saturated carbocycles. The Morgan fingerprint density at radius 3 is 2.47 bits per heavy atom. The van der Waals surface area contributed by atoms with Crippen molar-refractivity contribution in [2.45, 2.75) is 82.9 Å². The number of rotatable bonds is 9. The maximum atomic E-state index is 13.4. The summed E-state index contributed by atoms with van der Waals surface area (Å²) in [6.45, 7) is 5.86. The number of hydrogen-bond acceptors (Lipinski definition) is 6. The number of benzene rings is 2. The second kappa shape index (κ2) is 11.4. The molecule has 2 aromatic rings. The van der Waals surface area contributed by atoms with E-state index in [4.69, 9.17) is 30.5 Å². The quantitative estimate of drug-likeness (QED) is 0.437. The van der Waals surface area contributed by atoms with E-state index in [0.717, 1.165) is 5.56 Å². The highest BCUT2D eigenvalue weighted by molar-refractivity contribution is 6.30. The first kappa shape index (κ1) is 28.6. The van der Waals surface area contributed by atoms with Crippen molar-refractivity contribution in [1.29, 1.82) is 0 Å². The van der Waals surface area contributed by atoms with Crippen LogP contribution in [0.2, 0.25) is 5.02 Å². The van der Waals surface area contributed by atoms with Crippen molar-refractivity contribution in [3.63, 3.8) is 0 Å². The number of alkyl halides is 3. The number of likely N-dealkylation sites (N-methyl/N-ethyl adjacent to an activating group) is 1. The van der Waals surface area contributed by atoms with Crippen LogP contribution in [0.25, 0.3) is 0 Å².